The molecule has 0 atom stereocenters. The van der Waals surface area contributed by atoms with Crippen LogP contribution in [0.25, 0.3) is 11.0 Å². The van der Waals surface area contributed by atoms with Crippen molar-refractivity contribution < 1.29 is 4.57 Å². The second-order valence-electron chi connectivity index (χ2n) is 4.12. The SMILES string of the molecule is CCn1cc[n+](Cc2nc3ccccc3[nH]2)c1. The van der Waals surface area contributed by atoms with E-state index in [2.05, 4.69) is 44.7 Å². The number of aromatic amines is 1. The summed E-state index contributed by atoms with van der Waals surface area (Å²) in [6.45, 7) is 3.90. The average Bonchev–Trinajstić information content (AvgIpc) is 2.94. The van der Waals surface area contributed by atoms with E-state index in [4.69, 9.17) is 0 Å². The van der Waals surface area contributed by atoms with E-state index in [-0.39, 0.29) is 0 Å². The number of hydrogen-bond acceptors (Lipinski definition) is 1. The van der Waals surface area contributed by atoms with E-state index < -0.39 is 0 Å². The number of H-pyrrole nitrogens is 1. The summed E-state index contributed by atoms with van der Waals surface area (Å²) < 4.78 is 4.27. The Kier molecular flexibility index (Phi) is 2.40. The predicted molar refractivity (Wildman–Crippen MR) is 65.5 cm³/mol. The van der Waals surface area contributed by atoms with E-state index in [0.717, 1.165) is 29.9 Å². The minimum atomic E-state index is 0.779. The molecule has 0 fully saturated rings. The first-order chi connectivity index (χ1) is 8.35. The number of nitrogens with zero attached hydrogens (tertiary/aromatic N) is 3. The first-order valence-electron chi connectivity index (χ1n) is 5.83. The third-order valence-electron chi connectivity index (χ3n) is 2.88. The van der Waals surface area contributed by atoms with Crippen LogP contribution in [0.3, 0.4) is 0 Å². The molecule has 17 heavy (non-hydrogen) atoms. The minimum absolute atomic E-state index is 0.779. The number of imidazole rings is 2. The Hall–Kier alpha value is -2.10. The normalized spacial score (nSPS) is 11.1. The largest absolute Gasteiger partial charge is 0.339 e. The summed E-state index contributed by atoms with van der Waals surface area (Å²) in [6.07, 6.45) is 6.23. The van der Waals surface area contributed by atoms with Gasteiger partial charge in [0, 0.05) is 0 Å². The Bertz CT molecular complexity index is 602. The maximum Gasteiger partial charge on any atom is 0.244 e. The molecule has 0 saturated heterocycles. The smallest absolute Gasteiger partial charge is 0.244 e. The molecular weight excluding hydrogens is 212 g/mol. The molecule has 0 amide bonds. The fraction of sp³-hybridized carbons (Fsp3) is 0.231. The lowest BCUT2D eigenvalue weighted by molar-refractivity contribution is -0.688. The molecule has 0 aliphatic carbocycles. The van der Waals surface area contributed by atoms with Crippen molar-refractivity contribution in [1.29, 1.82) is 0 Å². The maximum absolute atomic E-state index is 4.56. The number of benzene rings is 1. The number of nitrogens with one attached hydrogen (secondary N) is 1. The van der Waals surface area contributed by atoms with E-state index in [9.17, 15) is 0 Å². The van der Waals surface area contributed by atoms with E-state index in [1.807, 2.05) is 24.3 Å². The summed E-state index contributed by atoms with van der Waals surface area (Å²) in [5, 5.41) is 0. The van der Waals surface area contributed by atoms with Gasteiger partial charge in [-0.05, 0) is 19.1 Å². The monoisotopic (exact) mass is 227 g/mol. The summed E-state index contributed by atoms with van der Waals surface area (Å²) in [5.41, 5.74) is 2.12. The third-order valence-corrected chi connectivity index (χ3v) is 2.88. The van der Waals surface area contributed by atoms with Crippen molar-refractivity contribution in [3.63, 3.8) is 0 Å². The summed E-state index contributed by atoms with van der Waals surface area (Å²) in [5.74, 6) is 0.991. The van der Waals surface area contributed by atoms with Crippen molar-refractivity contribution in [2.75, 3.05) is 0 Å². The maximum atomic E-state index is 4.56. The van der Waals surface area contributed by atoms with Gasteiger partial charge in [0.05, 0.1) is 17.6 Å². The molecule has 0 aliphatic rings. The predicted octanol–water partition coefficient (Wildman–Crippen LogP) is 1.72. The van der Waals surface area contributed by atoms with Crippen LogP contribution in [0.5, 0.6) is 0 Å². The fourth-order valence-electron chi connectivity index (χ4n) is 1.97. The summed E-state index contributed by atoms with van der Waals surface area (Å²) in [6, 6.07) is 8.10. The molecule has 2 heterocycles. The molecular formula is C13H15N4+. The zero-order valence-corrected chi connectivity index (χ0v) is 9.80. The van der Waals surface area contributed by atoms with E-state index in [1.54, 1.807) is 0 Å². The van der Waals surface area contributed by atoms with Crippen molar-refractivity contribution >= 4 is 11.0 Å². The lowest BCUT2D eigenvalue weighted by Crippen LogP contribution is -2.32. The molecule has 4 heteroatoms. The van der Waals surface area contributed by atoms with Crippen LogP contribution in [0, 0.1) is 0 Å². The number of fused-ring (bicyclic) bond motifs is 1. The van der Waals surface area contributed by atoms with Crippen molar-refractivity contribution in [3.8, 4) is 0 Å². The van der Waals surface area contributed by atoms with Gasteiger partial charge in [-0.1, -0.05) is 12.1 Å². The topological polar surface area (TPSA) is 37.5 Å². The Morgan fingerprint density at radius 1 is 1.35 bits per heavy atom. The zero-order valence-electron chi connectivity index (χ0n) is 9.80. The Morgan fingerprint density at radius 3 is 3.00 bits per heavy atom. The lowest BCUT2D eigenvalue weighted by Gasteiger charge is -1.91. The fourth-order valence-corrected chi connectivity index (χ4v) is 1.97. The van der Waals surface area contributed by atoms with Gasteiger partial charge < -0.3 is 4.98 Å². The minimum Gasteiger partial charge on any atom is -0.339 e. The molecule has 1 N–H and O–H groups in total. The van der Waals surface area contributed by atoms with Crippen LogP contribution in [0.1, 0.15) is 12.7 Å². The van der Waals surface area contributed by atoms with Crippen molar-refractivity contribution in [3.05, 3.63) is 48.8 Å². The molecule has 4 nitrogen and oxygen atoms in total. The standard InChI is InChI=1S/C13H15N4/c1-2-16-7-8-17(10-16)9-13-14-11-5-3-4-6-12(11)15-13/h3-8,10H,2,9H2,1H3,(H,14,15)/q+1. The second kappa shape index (κ2) is 4.05. The van der Waals surface area contributed by atoms with Crippen LogP contribution in [-0.4, -0.2) is 14.5 Å². The molecule has 0 unspecified atom stereocenters. The van der Waals surface area contributed by atoms with Gasteiger partial charge in [-0.3, -0.25) is 0 Å². The molecule has 1 aromatic carbocycles. The van der Waals surface area contributed by atoms with Crippen molar-refractivity contribution in [2.45, 2.75) is 20.0 Å². The van der Waals surface area contributed by atoms with Crippen molar-refractivity contribution in [2.24, 2.45) is 0 Å². The summed E-state index contributed by atoms with van der Waals surface area (Å²) in [7, 11) is 0. The Balaban J connectivity index is 1.89. The number of aryl methyl sites for hydroxylation is 1. The van der Waals surface area contributed by atoms with E-state index in [0.29, 0.717) is 0 Å². The van der Waals surface area contributed by atoms with Crippen molar-refractivity contribution in [1.82, 2.24) is 14.5 Å². The quantitative estimate of drug-likeness (QED) is 0.680. The van der Waals surface area contributed by atoms with Crippen LogP contribution in [-0.2, 0) is 13.1 Å². The number of hydrogen-bond donors (Lipinski definition) is 1. The lowest BCUT2D eigenvalue weighted by atomic mass is 10.3. The summed E-state index contributed by atoms with van der Waals surface area (Å²) >= 11 is 0. The molecule has 0 aliphatic heterocycles. The van der Waals surface area contributed by atoms with Crippen LogP contribution in [0.4, 0.5) is 0 Å². The van der Waals surface area contributed by atoms with Gasteiger partial charge in [0.2, 0.25) is 6.33 Å². The first-order valence-corrected chi connectivity index (χ1v) is 5.83. The highest BCUT2D eigenvalue weighted by Crippen LogP contribution is 2.09. The summed E-state index contributed by atoms with van der Waals surface area (Å²) in [4.78, 5) is 7.89. The van der Waals surface area contributed by atoms with Gasteiger partial charge in [0.25, 0.3) is 0 Å². The van der Waals surface area contributed by atoms with Gasteiger partial charge in [0.15, 0.2) is 0 Å². The van der Waals surface area contributed by atoms with E-state index in [1.165, 1.54) is 0 Å². The van der Waals surface area contributed by atoms with Gasteiger partial charge >= 0.3 is 0 Å². The molecule has 0 bridgehead atoms. The van der Waals surface area contributed by atoms with Crippen LogP contribution < -0.4 is 4.57 Å². The number of para-hydroxylation sites is 2. The molecule has 3 rings (SSSR count). The zero-order chi connectivity index (χ0) is 11.7. The third kappa shape index (κ3) is 1.93. The van der Waals surface area contributed by atoms with Crippen LogP contribution in [0.2, 0.25) is 0 Å². The van der Waals surface area contributed by atoms with Crippen LogP contribution >= 0.6 is 0 Å². The van der Waals surface area contributed by atoms with Gasteiger partial charge in [-0.2, -0.15) is 0 Å². The first kappa shape index (κ1) is 10.1. The highest BCUT2D eigenvalue weighted by molar-refractivity contribution is 5.74. The molecule has 0 saturated carbocycles. The molecule has 86 valence electrons. The number of rotatable bonds is 3. The molecule has 3 aromatic rings. The highest BCUT2D eigenvalue weighted by atomic mass is 15.1. The number of aromatic nitrogens is 4. The van der Waals surface area contributed by atoms with Gasteiger partial charge in [-0.15, -0.1) is 0 Å². The Labute approximate surface area is 99.5 Å². The second-order valence-corrected chi connectivity index (χ2v) is 4.12. The van der Waals surface area contributed by atoms with E-state index >= 15 is 0 Å². The van der Waals surface area contributed by atoms with Crippen LogP contribution in [0.15, 0.2) is 43.0 Å². The highest BCUT2D eigenvalue weighted by Gasteiger charge is 2.07. The van der Waals surface area contributed by atoms with Gasteiger partial charge in [-0.25, -0.2) is 14.1 Å². The molecule has 2 aromatic heterocycles. The molecule has 0 spiro atoms. The Morgan fingerprint density at radius 2 is 2.24 bits per heavy atom. The average molecular weight is 227 g/mol. The van der Waals surface area contributed by atoms with Gasteiger partial charge in [0.1, 0.15) is 24.8 Å². The molecule has 0 radical (unpaired) electrons.